The zero-order valence-corrected chi connectivity index (χ0v) is 15.1. The third kappa shape index (κ3) is 5.21. The molecule has 2 heterocycles. The SMILES string of the molecule is CCNC(=NCc1ccnc(OC)c1)NCC(C)(O)c1cccs1. The molecule has 130 valence electrons. The van der Waals surface area contributed by atoms with E-state index in [1.807, 2.05) is 36.6 Å². The lowest BCUT2D eigenvalue weighted by molar-refractivity contribution is 0.0655. The maximum absolute atomic E-state index is 10.6. The fourth-order valence-corrected chi connectivity index (χ4v) is 2.89. The van der Waals surface area contributed by atoms with Gasteiger partial charge in [-0.3, -0.25) is 0 Å². The molecule has 0 bridgehead atoms. The fourth-order valence-electron chi connectivity index (χ4n) is 2.10. The highest BCUT2D eigenvalue weighted by Gasteiger charge is 2.24. The Morgan fingerprint density at radius 3 is 2.92 bits per heavy atom. The van der Waals surface area contributed by atoms with E-state index in [0.717, 1.165) is 17.0 Å². The van der Waals surface area contributed by atoms with Crippen molar-refractivity contribution < 1.29 is 9.84 Å². The van der Waals surface area contributed by atoms with Crippen molar-refractivity contribution in [2.45, 2.75) is 26.0 Å². The summed E-state index contributed by atoms with van der Waals surface area (Å²) in [5.41, 5.74) is 0.0635. The molecule has 0 radical (unpaired) electrons. The van der Waals surface area contributed by atoms with Crippen LogP contribution in [0.5, 0.6) is 5.88 Å². The van der Waals surface area contributed by atoms with Crippen LogP contribution in [0.3, 0.4) is 0 Å². The summed E-state index contributed by atoms with van der Waals surface area (Å²) in [6.45, 7) is 5.41. The molecule has 24 heavy (non-hydrogen) atoms. The van der Waals surface area contributed by atoms with E-state index in [9.17, 15) is 5.11 Å². The van der Waals surface area contributed by atoms with E-state index in [-0.39, 0.29) is 0 Å². The van der Waals surface area contributed by atoms with Gasteiger partial charge in [-0.25, -0.2) is 9.98 Å². The summed E-state index contributed by atoms with van der Waals surface area (Å²) in [6.07, 6.45) is 1.70. The van der Waals surface area contributed by atoms with Crippen LogP contribution in [-0.4, -0.2) is 36.2 Å². The number of rotatable bonds is 7. The molecular formula is C17H24N4O2S. The van der Waals surface area contributed by atoms with Gasteiger partial charge in [-0.1, -0.05) is 6.07 Å². The lowest BCUT2D eigenvalue weighted by atomic mass is 10.1. The molecule has 6 nitrogen and oxygen atoms in total. The van der Waals surface area contributed by atoms with Gasteiger partial charge in [0, 0.05) is 23.7 Å². The lowest BCUT2D eigenvalue weighted by Gasteiger charge is -2.23. The van der Waals surface area contributed by atoms with Crippen LogP contribution in [0.2, 0.25) is 0 Å². The number of hydrogen-bond donors (Lipinski definition) is 3. The summed E-state index contributed by atoms with van der Waals surface area (Å²) in [6, 6.07) is 7.62. The Labute approximate surface area is 146 Å². The number of ether oxygens (including phenoxy) is 1. The zero-order chi connectivity index (χ0) is 17.4. The van der Waals surface area contributed by atoms with Crippen molar-refractivity contribution in [1.29, 1.82) is 0 Å². The molecule has 2 rings (SSSR count). The summed E-state index contributed by atoms with van der Waals surface area (Å²) >= 11 is 1.54. The topological polar surface area (TPSA) is 78.8 Å². The van der Waals surface area contributed by atoms with Gasteiger partial charge in [-0.15, -0.1) is 11.3 Å². The van der Waals surface area contributed by atoms with Crippen LogP contribution in [0.25, 0.3) is 0 Å². The van der Waals surface area contributed by atoms with Crippen molar-refractivity contribution in [3.8, 4) is 5.88 Å². The Morgan fingerprint density at radius 1 is 1.42 bits per heavy atom. The van der Waals surface area contributed by atoms with E-state index in [2.05, 4.69) is 20.6 Å². The first-order valence-corrected chi connectivity index (χ1v) is 8.70. The Hall–Kier alpha value is -2.12. The molecule has 0 saturated carbocycles. The van der Waals surface area contributed by atoms with E-state index >= 15 is 0 Å². The first kappa shape index (κ1) is 18.2. The molecule has 1 atom stereocenters. The van der Waals surface area contributed by atoms with Crippen molar-refractivity contribution in [1.82, 2.24) is 15.6 Å². The number of hydrogen-bond acceptors (Lipinski definition) is 5. The molecule has 0 aliphatic rings. The second kappa shape index (κ2) is 8.65. The molecule has 0 aliphatic carbocycles. The predicted octanol–water partition coefficient (Wildman–Crippen LogP) is 2.11. The maximum Gasteiger partial charge on any atom is 0.213 e. The summed E-state index contributed by atoms with van der Waals surface area (Å²) in [5.74, 6) is 1.23. The highest BCUT2D eigenvalue weighted by Crippen LogP contribution is 2.24. The Bertz CT molecular complexity index is 656. The molecule has 0 saturated heterocycles. The van der Waals surface area contributed by atoms with Gasteiger partial charge >= 0.3 is 0 Å². The van der Waals surface area contributed by atoms with Crippen LogP contribution in [0.15, 0.2) is 40.8 Å². The second-order valence-corrected chi connectivity index (χ2v) is 6.45. The number of pyridine rings is 1. The van der Waals surface area contributed by atoms with Gasteiger partial charge in [-0.2, -0.15) is 0 Å². The van der Waals surface area contributed by atoms with Gasteiger partial charge in [0.1, 0.15) is 5.60 Å². The molecule has 7 heteroatoms. The number of guanidine groups is 1. The van der Waals surface area contributed by atoms with Gasteiger partial charge in [0.25, 0.3) is 0 Å². The van der Waals surface area contributed by atoms with Crippen LogP contribution in [0, 0.1) is 0 Å². The summed E-state index contributed by atoms with van der Waals surface area (Å²) < 4.78 is 5.12. The molecule has 0 aliphatic heterocycles. The molecule has 2 aromatic rings. The van der Waals surface area contributed by atoms with Crippen LogP contribution in [-0.2, 0) is 12.1 Å². The maximum atomic E-state index is 10.6. The third-order valence-corrected chi connectivity index (χ3v) is 4.55. The number of nitrogens with one attached hydrogen (secondary N) is 2. The zero-order valence-electron chi connectivity index (χ0n) is 14.2. The Kier molecular flexibility index (Phi) is 6.57. The monoisotopic (exact) mass is 348 g/mol. The molecule has 1 unspecified atom stereocenters. The van der Waals surface area contributed by atoms with Gasteiger partial charge in [0.2, 0.25) is 5.88 Å². The average molecular weight is 348 g/mol. The number of thiophene rings is 1. The van der Waals surface area contributed by atoms with E-state index in [4.69, 9.17) is 4.74 Å². The first-order valence-electron chi connectivity index (χ1n) is 7.82. The number of aromatic nitrogens is 1. The summed E-state index contributed by atoms with van der Waals surface area (Å²) in [4.78, 5) is 9.55. The van der Waals surface area contributed by atoms with Crippen LogP contribution >= 0.6 is 11.3 Å². The van der Waals surface area contributed by atoms with E-state index in [0.29, 0.717) is 24.9 Å². The van der Waals surface area contributed by atoms with Gasteiger partial charge in [0.15, 0.2) is 5.96 Å². The predicted molar refractivity (Wildman–Crippen MR) is 97.5 cm³/mol. The minimum atomic E-state index is -0.940. The number of aliphatic imine (C=N–C) groups is 1. The van der Waals surface area contributed by atoms with E-state index < -0.39 is 5.60 Å². The number of nitrogens with zero attached hydrogens (tertiary/aromatic N) is 2. The van der Waals surface area contributed by atoms with Crippen molar-refractivity contribution in [2.24, 2.45) is 4.99 Å². The second-order valence-electron chi connectivity index (χ2n) is 5.51. The van der Waals surface area contributed by atoms with Crippen molar-refractivity contribution in [3.63, 3.8) is 0 Å². The molecule has 2 aromatic heterocycles. The summed E-state index contributed by atoms with van der Waals surface area (Å²) in [5, 5.41) is 18.9. The molecule has 0 fully saturated rings. The highest BCUT2D eigenvalue weighted by molar-refractivity contribution is 7.10. The Morgan fingerprint density at radius 2 is 2.25 bits per heavy atom. The smallest absolute Gasteiger partial charge is 0.213 e. The van der Waals surface area contributed by atoms with Gasteiger partial charge in [0.05, 0.1) is 20.2 Å². The van der Waals surface area contributed by atoms with Gasteiger partial charge in [-0.05, 0) is 36.9 Å². The van der Waals surface area contributed by atoms with E-state index in [1.54, 1.807) is 20.2 Å². The minimum Gasteiger partial charge on any atom is -0.481 e. The standard InChI is InChI=1S/C17H24N4O2S/c1-4-18-16(20-11-13-7-8-19-15(10-13)23-3)21-12-17(2,22)14-6-5-9-24-14/h5-10,22H,4,11-12H2,1-3H3,(H2,18,20,21). The van der Waals surface area contributed by atoms with Crippen LogP contribution in [0.1, 0.15) is 24.3 Å². The normalized spacial score (nSPS) is 14.1. The molecule has 0 spiro atoms. The highest BCUT2D eigenvalue weighted by atomic mass is 32.1. The molecular weight excluding hydrogens is 324 g/mol. The molecule has 0 aromatic carbocycles. The van der Waals surface area contributed by atoms with E-state index in [1.165, 1.54) is 11.3 Å². The van der Waals surface area contributed by atoms with Crippen molar-refractivity contribution in [3.05, 3.63) is 46.3 Å². The Balaban J connectivity index is 2.00. The average Bonchev–Trinajstić information content (AvgIpc) is 3.13. The fraction of sp³-hybridized carbons (Fsp3) is 0.412. The van der Waals surface area contributed by atoms with Crippen LogP contribution < -0.4 is 15.4 Å². The quantitative estimate of drug-likeness (QED) is 0.528. The number of methoxy groups -OCH3 is 1. The number of aliphatic hydroxyl groups is 1. The lowest BCUT2D eigenvalue weighted by Crippen LogP contribution is -2.44. The molecule has 0 amide bonds. The molecule has 3 N–H and O–H groups in total. The van der Waals surface area contributed by atoms with Crippen molar-refractivity contribution in [2.75, 3.05) is 20.2 Å². The van der Waals surface area contributed by atoms with Crippen molar-refractivity contribution >= 4 is 17.3 Å². The van der Waals surface area contributed by atoms with Crippen LogP contribution in [0.4, 0.5) is 0 Å². The van der Waals surface area contributed by atoms with Gasteiger partial charge < -0.3 is 20.5 Å². The minimum absolute atomic E-state index is 0.374. The summed E-state index contributed by atoms with van der Waals surface area (Å²) in [7, 11) is 1.59. The first-order chi connectivity index (χ1) is 11.5. The third-order valence-electron chi connectivity index (χ3n) is 3.42. The largest absolute Gasteiger partial charge is 0.481 e.